The van der Waals surface area contributed by atoms with E-state index in [1.165, 1.54) is 5.06 Å². The van der Waals surface area contributed by atoms with Gasteiger partial charge in [0.2, 0.25) is 6.29 Å². The molecule has 1 aliphatic rings. The van der Waals surface area contributed by atoms with Crippen molar-refractivity contribution in [2.45, 2.75) is 0 Å². The summed E-state index contributed by atoms with van der Waals surface area (Å²) in [7, 11) is 1.63. The topological polar surface area (TPSA) is 59.1 Å². The number of aldehydes is 1. The van der Waals surface area contributed by atoms with Crippen molar-refractivity contribution in [1.29, 1.82) is 0 Å². The van der Waals surface area contributed by atoms with Gasteiger partial charge in [0.25, 0.3) is 0 Å². The summed E-state index contributed by atoms with van der Waals surface area (Å²) in [5, 5.41) is 1.51. The second-order valence-corrected chi connectivity index (χ2v) is 4.15. The summed E-state index contributed by atoms with van der Waals surface area (Å²) >= 11 is 0. The Bertz CT molecular complexity index is 456. The van der Waals surface area contributed by atoms with Crippen molar-refractivity contribution in [2.24, 2.45) is 0 Å². The number of piperazine rings is 1. The first-order chi connectivity index (χ1) is 9.22. The van der Waals surface area contributed by atoms with Crippen LogP contribution in [-0.2, 0) is 14.4 Å². The van der Waals surface area contributed by atoms with Crippen molar-refractivity contribution in [2.75, 3.05) is 38.2 Å². The number of ether oxygens (including phenoxy) is 1. The van der Waals surface area contributed by atoms with Crippen molar-refractivity contribution in [3.8, 4) is 5.75 Å². The van der Waals surface area contributed by atoms with Gasteiger partial charge >= 0.3 is 5.97 Å². The maximum atomic E-state index is 10.9. The Morgan fingerprint density at radius 1 is 1.26 bits per heavy atom. The minimum atomic E-state index is -0.852. The highest BCUT2D eigenvalue weighted by molar-refractivity contribution is 6.20. The lowest BCUT2D eigenvalue weighted by Gasteiger charge is -2.34. The minimum absolute atomic E-state index is 0.175. The van der Waals surface area contributed by atoms with Gasteiger partial charge in [0.15, 0.2) is 0 Å². The number of benzene rings is 1. The van der Waals surface area contributed by atoms with Crippen molar-refractivity contribution < 1.29 is 19.2 Å². The molecular formula is C13H16N2O4. The third-order valence-corrected chi connectivity index (χ3v) is 2.97. The number of carbonyl (C=O) groups excluding carboxylic acids is 2. The molecular weight excluding hydrogens is 248 g/mol. The Kier molecular flexibility index (Phi) is 4.35. The van der Waals surface area contributed by atoms with Crippen molar-refractivity contribution in [3.63, 3.8) is 0 Å². The van der Waals surface area contributed by atoms with E-state index < -0.39 is 5.97 Å². The van der Waals surface area contributed by atoms with Crippen LogP contribution in [-0.4, -0.2) is 50.6 Å². The number of nitrogens with zero attached hydrogens (tertiary/aromatic N) is 2. The largest absolute Gasteiger partial charge is 0.497 e. The zero-order chi connectivity index (χ0) is 13.7. The second kappa shape index (κ2) is 6.19. The van der Waals surface area contributed by atoms with E-state index in [9.17, 15) is 9.59 Å². The fourth-order valence-corrected chi connectivity index (χ4v) is 1.99. The van der Waals surface area contributed by atoms with Gasteiger partial charge in [0, 0.05) is 24.8 Å². The van der Waals surface area contributed by atoms with Crippen LogP contribution in [0.3, 0.4) is 0 Å². The van der Waals surface area contributed by atoms with Gasteiger partial charge < -0.3 is 14.5 Å². The molecule has 0 radical (unpaired) electrons. The number of carbonyl (C=O) groups is 2. The van der Waals surface area contributed by atoms with Gasteiger partial charge in [0.05, 0.1) is 20.2 Å². The molecule has 1 aromatic rings. The molecule has 1 fully saturated rings. The van der Waals surface area contributed by atoms with Crippen molar-refractivity contribution >= 4 is 17.9 Å². The zero-order valence-corrected chi connectivity index (χ0v) is 10.7. The summed E-state index contributed by atoms with van der Waals surface area (Å²) in [4.78, 5) is 28.1. The fraction of sp³-hybridized carbons (Fsp3) is 0.385. The summed E-state index contributed by atoms with van der Waals surface area (Å²) in [5.41, 5.74) is 1.07. The predicted octanol–water partition coefficient (Wildman–Crippen LogP) is 0.474. The smallest absolute Gasteiger partial charge is 0.390 e. The van der Waals surface area contributed by atoms with Crippen LogP contribution in [0, 0.1) is 0 Å². The molecule has 0 aromatic heterocycles. The lowest BCUT2D eigenvalue weighted by atomic mass is 10.2. The van der Waals surface area contributed by atoms with Crippen molar-refractivity contribution in [3.05, 3.63) is 24.3 Å². The number of hydrogen-bond donors (Lipinski definition) is 0. The van der Waals surface area contributed by atoms with Gasteiger partial charge in [-0.25, -0.2) is 4.79 Å². The molecule has 6 heteroatoms. The normalized spacial score (nSPS) is 15.9. The van der Waals surface area contributed by atoms with Crippen LogP contribution in [0.1, 0.15) is 0 Å². The van der Waals surface area contributed by atoms with Gasteiger partial charge in [-0.2, -0.15) is 0 Å². The van der Waals surface area contributed by atoms with Crippen LogP contribution in [0.5, 0.6) is 5.75 Å². The first kappa shape index (κ1) is 13.4. The number of anilines is 1. The predicted molar refractivity (Wildman–Crippen MR) is 68.9 cm³/mol. The Hall–Kier alpha value is -2.08. The molecule has 0 atom stereocenters. The third-order valence-electron chi connectivity index (χ3n) is 2.97. The average Bonchev–Trinajstić information content (AvgIpc) is 2.48. The van der Waals surface area contributed by atoms with E-state index in [-0.39, 0.29) is 6.29 Å². The molecule has 6 nitrogen and oxygen atoms in total. The van der Waals surface area contributed by atoms with Crippen LogP contribution in [0.2, 0.25) is 0 Å². The van der Waals surface area contributed by atoms with E-state index in [2.05, 4.69) is 4.90 Å². The molecule has 0 saturated carbocycles. The van der Waals surface area contributed by atoms with E-state index >= 15 is 0 Å². The molecule has 0 spiro atoms. The number of hydrogen-bond acceptors (Lipinski definition) is 6. The van der Waals surface area contributed by atoms with Crippen LogP contribution >= 0.6 is 0 Å². The van der Waals surface area contributed by atoms with Crippen LogP contribution in [0.25, 0.3) is 0 Å². The maximum absolute atomic E-state index is 10.9. The van der Waals surface area contributed by atoms with Gasteiger partial charge in [-0.05, 0) is 12.1 Å². The highest BCUT2D eigenvalue weighted by Crippen LogP contribution is 2.22. The Morgan fingerprint density at radius 2 is 2.00 bits per heavy atom. The Morgan fingerprint density at radius 3 is 2.63 bits per heavy atom. The highest BCUT2D eigenvalue weighted by atomic mass is 16.7. The molecule has 0 amide bonds. The molecule has 0 bridgehead atoms. The summed E-state index contributed by atoms with van der Waals surface area (Å²) in [6.45, 7) is 2.58. The first-order valence-corrected chi connectivity index (χ1v) is 6.04. The monoisotopic (exact) mass is 264 g/mol. The molecule has 0 unspecified atom stereocenters. The van der Waals surface area contributed by atoms with E-state index in [0.29, 0.717) is 13.1 Å². The standard InChI is InChI=1S/C13H16N2O4/c1-18-12-4-2-3-11(9-12)14-5-7-15(8-6-14)19-13(17)10-16/h2-4,9-10H,5-8H2,1H3. The summed E-state index contributed by atoms with van der Waals surface area (Å²) in [6.07, 6.45) is 0.175. The molecule has 1 aromatic carbocycles. The van der Waals surface area contributed by atoms with Crippen molar-refractivity contribution in [1.82, 2.24) is 5.06 Å². The first-order valence-electron chi connectivity index (χ1n) is 6.04. The van der Waals surface area contributed by atoms with E-state index in [1.54, 1.807) is 7.11 Å². The second-order valence-electron chi connectivity index (χ2n) is 4.15. The number of methoxy groups -OCH3 is 1. The quantitative estimate of drug-likeness (QED) is 0.582. The third kappa shape index (κ3) is 3.45. The maximum Gasteiger partial charge on any atom is 0.390 e. The van der Waals surface area contributed by atoms with Crippen LogP contribution in [0.4, 0.5) is 5.69 Å². The van der Waals surface area contributed by atoms with E-state index in [4.69, 9.17) is 9.57 Å². The van der Waals surface area contributed by atoms with E-state index in [1.807, 2.05) is 24.3 Å². The van der Waals surface area contributed by atoms with Gasteiger partial charge in [-0.15, -0.1) is 5.06 Å². The minimum Gasteiger partial charge on any atom is -0.497 e. The molecule has 0 N–H and O–H groups in total. The summed E-state index contributed by atoms with van der Waals surface area (Å²) in [5.74, 6) is -0.0397. The summed E-state index contributed by atoms with van der Waals surface area (Å²) < 4.78 is 5.19. The zero-order valence-electron chi connectivity index (χ0n) is 10.7. The van der Waals surface area contributed by atoms with Gasteiger partial charge in [0.1, 0.15) is 5.75 Å². The Balaban J connectivity index is 1.92. The number of hydroxylamine groups is 2. The SMILES string of the molecule is COc1cccc(N2CCN(OC(=O)C=O)CC2)c1. The fourth-order valence-electron chi connectivity index (χ4n) is 1.99. The lowest BCUT2D eigenvalue weighted by molar-refractivity contribution is -0.190. The number of rotatable bonds is 4. The highest BCUT2D eigenvalue weighted by Gasteiger charge is 2.20. The average molecular weight is 264 g/mol. The molecule has 102 valence electrons. The van der Waals surface area contributed by atoms with Gasteiger partial charge in [-0.3, -0.25) is 4.79 Å². The molecule has 19 heavy (non-hydrogen) atoms. The van der Waals surface area contributed by atoms with Gasteiger partial charge in [-0.1, -0.05) is 6.07 Å². The van der Waals surface area contributed by atoms with Crippen LogP contribution < -0.4 is 9.64 Å². The molecule has 1 aliphatic heterocycles. The Labute approximate surface area is 111 Å². The molecule has 1 heterocycles. The van der Waals surface area contributed by atoms with E-state index in [0.717, 1.165) is 24.5 Å². The van der Waals surface area contributed by atoms with Crippen LogP contribution in [0.15, 0.2) is 24.3 Å². The molecule has 2 rings (SSSR count). The summed E-state index contributed by atoms with van der Waals surface area (Å²) in [6, 6.07) is 7.81. The molecule has 0 aliphatic carbocycles. The lowest BCUT2D eigenvalue weighted by Crippen LogP contribution is -2.47. The molecule has 1 saturated heterocycles.